The van der Waals surface area contributed by atoms with E-state index in [1.165, 1.54) is 16.8 Å². The molecule has 0 saturated carbocycles. The van der Waals surface area contributed by atoms with Gasteiger partial charge >= 0.3 is 5.97 Å². The molecule has 0 aliphatic heterocycles. The van der Waals surface area contributed by atoms with Crippen LogP contribution < -0.4 is 14.8 Å². The number of hydrogen-bond acceptors (Lipinski definition) is 6. The van der Waals surface area contributed by atoms with Gasteiger partial charge in [0.05, 0.1) is 0 Å². The normalized spacial score (nSPS) is 11.8. The lowest BCUT2D eigenvalue weighted by Gasteiger charge is -2.17. The summed E-state index contributed by atoms with van der Waals surface area (Å²) >= 11 is 0. The van der Waals surface area contributed by atoms with E-state index in [-0.39, 0.29) is 45.6 Å². The number of carbonyl (C=O) groups is 2. The van der Waals surface area contributed by atoms with E-state index in [1.807, 2.05) is 13.8 Å². The van der Waals surface area contributed by atoms with Crippen molar-refractivity contribution in [1.29, 1.82) is 0 Å². The van der Waals surface area contributed by atoms with Gasteiger partial charge in [0.25, 0.3) is 0 Å². The Balaban J connectivity index is 2.57. The van der Waals surface area contributed by atoms with E-state index in [0.29, 0.717) is 25.1 Å². The smallest absolute Gasteiger partial charge is 0.356 e. The van der Waals surface area contributed by atoms with Crippen LogP contribution in [0.1, 0.15) is 63.5 Å². The summed E-state index contributed by atoms with van der Waals surface area (Å²) in [6.07, 6.45) is 1.32. The summed E-state index contributed by atoms with van der Waals surface area (Å²) in [5.74, 6) is -1.48. The molecule has 0 radical (unpaired) electrons. The molecule has 11 heteroatoms. The van der Waals surface area contributed by atoms with Crippen LogP contribution in [0.3, 0.4) is 0 Å². The molecule has 0 fully saturated rings. The summed E-state index contributed by atoms with van der Waals surface area (Å²) in [6.45, 7) is 10.8. The third kappa shape index (κ3) is 6.11. The Morgan fingerprint density at radius 1 is 1.18 bits per heavy atom. The Labute approximate surface area is 194 Å². The van der Waals surface area contributed by atoms with Gasteiger partial charge in [0.2, 0.25) is 21.8 Å². The standard InChI is InChI=1S/C22H32N4O6S/c1-7-15(8-2)20(27)23-16-10-11-17(18(12-16)33(30,31)25-13(4)5)32-21-14(6)19(22(28)29)24-26(21)9-3/h10-13,15,25H,7-9H2,1-6H3,(H,23,27)(H,28,29). The van der Waals surface area contributed by atoms with Gasteiger partial charge in [-0.25, -0.2) is 22.6 Å². The lowest BCUT2D eigenvalue weighted by Crippen LogP contribution is -2.30. The molecule has 182 valence electrons. The molecule has 0 spiro atoms. The first-order valence-corrected chi connectivity index (χ1v) is 12.4. The Morgan fingerprint density at radius 2 is 1.82 bits per heavy atom. The molecule has 0 aliphatic rings. The van der Waals surface area contributed by atoms with E-state index in [9.17, 15) is 23.1 Å². The number of aryl methyl sites for hydroxylation is 1. The molecule has 1 aromatic carbocycles. The van der Waals surface area contributed by atoms with Gasteiger partial charge in [-0.05, 0) is 58.7 Å². The minimum absolute atomic E-state index is 0.0154. The van der Waals surface area contributed by atoms with Crippen molar-refractivity contribution in [3.63, 3.8) is 0 Å². The van der Waals surface area contributed by atoms with Crippen molar-refractivity contribution in [3.8, 4) is 11.6 Å². The number of nitrogens with one attached hydrogen (secondary N) is 2. The predicted octanol–water partition coefficient (Wildman–Crippen LogP) is 3.76. The van der Waals surface area contributed by atoms with E-state index in [0.717, 1.165) is 0 Å². The summed E-state index contributed by atoms with van der Waals surface area (Å²) in [4.78, 5) is 23.8. The highest BCUT2D eigenvalue weighted by Gasteiger charge is 2.26. The van der Waals surface area contributed by atoms with Crippen molar-refractivity contribution in [3.05, 3.63) is 29.5 Å². The highest BCUT2D eigenvalue weighted by atomic mass is 32.2. The Morgan fingerprint density at radius 3 is 2.33 bits per heavy atom. The van der Waals surface area contributed by atoms with Gasteiger partial charge in [0, 0.05) is 29.8 Å². The maximum atomic E-state index is 13.1. The van der Waals surface area contributed by atoms with Crippen molar-refractivity contribution >= 4 is 27.6 Å². The number of rotatable bonds is 11. The number of ether oxygens (including phenoxy) is 1. The quantitative estimate of drug-likeness (QED) is 0.445. The summed E-state index contributed by atoms with van der Waals surface area (Å²) in [5.41, 5.74) is 0.413. The second-order valence-corrected chi connectivity index (χ2v) is 9.62. The number of amides is 1. The average Bonchev–Trinajstić information content (AvgIpc) is 3.04. The largest absolute Gasteiger partial charge is 0.476 e. The highest BCUT2D eigenvalue weighted by molar-refractivity contribution is 7.89. The summed E-state index contributed by atoms with van der Waals surface area (Å²) in [5, 5.41) is 16.2. The number of sulfonamides is 1. The highest BCUT2D eigenvalue weighted by Crippen LogP contribution is 2.34. The molecule has 0 saturated heterocycles. The fraction of sp³-hybridized carbons (Fsp3) is 0.500. The Bertz CT molecular complexity index is 1120. The number of carboxylic acid groups (broad SMARTS) is 1. The molecular weight excluding hydrogens is 448 g/mol. The number of aromatic carboxylic acids is 1. The summed E-state index contributed by atoms with van der Waals surface area (Å²) < 4.78 is 35.9. The molecule has 10 nitrogen and oxygen atoms in total. The minimum atomic E-state index is -4.01. The number of carboxylic acids is 1. The molecule has 1 aromatic heterocycles. The first kappa shape index (κ1) is 26.3. The topological polar surface area (TPSA) is 140 Å². The van der Waals surface area contributed by atoms with Gasteiger partial charge in [0.1, 0.15) is 10.6 Å². The van der Waals surface area contributed by atoms with Gasteiger partial charge in [-0.2, -0.15) is 5.10 Å². The summed E-state index contributed by atoms with van der Waals surface area (Å²) in [7, 11) is -4.01. The van der Waals surface area contributed by atoms with E-state index < -0.39 is 16.0 Å². The van der Waals surface area contributed by atoms with Crippen molar-refractivity contribution in [2.45, 2.75) is 71.9 Å². The number of anilines is 1. The average molecular weight is 481 g/mol. The summed E-state index contributed by atoms with van der Waals surface area (Å²) in [6, 6.07) is 3.93. The van der Waals surface area contributed by atoms with Crippen molar-refractivity contribution in [2.24, 2.45) is 5.92 Å². The molecule has 0 unspecified atom stereocenters. The monoisotopic (exact) mass is 480 g/mol. The molecule has 2 aromatic rings. The van der Waals surface area contributed by atoms with Gasteiger partial charge in [-0.1, -0.05) is 13.8 Å². The maximum absolute atomic E-state index is 13.1. The van der Waals surface area contributed by atoms with Crippen LogP contribution in [0.25, 0.3) is 0 Å². The van der Waals surface area contributed by atoms with E-state index >= 15 is 0 Å². The first-order valence-electron chi connectivity index (χ1n) is 10.9. The Kier molecular flexibility index (Phi) is 8.62. The molecule has 0 aliphatic carbocycles. The third-order valence-corrected chi connectivity index (χ3v) is 6.77. The molecule has 1 amide bonds. The number of aromatic nitrogens is 2. The molecule has 2 rings (SSSR count). The second kappa shape index (κ2) is 10.8. The van der Waals surface area contributed by atoms with Crippen LogP contribution in [-0.4, -0.2) is 41.2 Å². The van der Waals surface area contributed by atoms with E-state index in [4.69, 9.17) is 4.74 Å². The molecule has 33 heavy (non-hydrogen) atoms. The van der Waals surface area contributed by atoms with Crippen molar-refractivity contribution in [2.75, 3.05) is 5.32 Å². The molecule has 0 atom stereocenters. The Hall–Kier alpha value is -2.92. The zero-order valence-corrected chi connectivity index (χ0v) is 20.6. The number of nitrogens with zero attached hydrogens (tertiary/aromatic N) is 2. The number of carbonyl (C=O) groups excluding carboxylic acids is 1. The van der Waals surface area contributed by atoms with Crippen molar-refractivity contribution < 1.29 is 27.9 Å². The van der Waals surface area contributed by atoms with E-state index in [2.05, 4.69) is 15.1 Å². The van der Waals surface area contributed by atoms with Crippen molar-refractivity contribution in [1.82, 2.24) is 14.5 Å². The molecule has 1 heterocycles. The predicted molar refractivity (Wildman–Crippen MR) is 124 cm³/mol. The molecule has 3 N–H and O–H groups in total. The fourth-order valence-corrected chi connectivity index (χ4v) is 4.75. The number of hydrogen-bond donors (Lipinski definition) is 3. The lowest BCUT2D eigenvalue weighted by atomic mass is 10.0. The van der Waals surface area contributed by atoms with Crippen LogP contribution in [0.4, 0.5) is 5.69 Å². The minimum Gasteiger partial charge on any atom is -0.476 e. The zero-order chi connectivity index (χ0) is 24.9. The van der Waals surface area contributed by atoms with Crippen LogP contribution in [0.5, 0.6) is 11.6 Å². The van der Waals surface area contributed by atoms with Crippen LogP contribution in [0.2, 0.25) is 0 Å². The lowest BCUT2D eigenvalue weighted by molar-refractivity contribution is -0.120. The van der Waals surface area contributed by atoms with Gasteiger partial charge in [0.15, 0.2) is 5.69 Å². The second-order valence-electron chi connectivity index (χ2n) is 7.94. The SMILES string of the molecule is CCC(CC)C(=O)Nc1ccc(Oc2c(C)c(C(=O)O)nn2CC)c(S(=O)(=O)NC(C)C)c1. The van der Waals surface area contributed by atoms with E-state index in [1.54, 1.807) is 33.8 Å². The van der Waals surface area contributed by atoms with Crippen LogP contribution in [0.15, 0.2) is 23.1 Å². The maximum Gasteiger partial charge on any atom is 0.356 e. The van der Waals surface area contributed by atoms with Crippen LogP contribution >= 0.6 is 0 Å². The van der Waals surface area contributed by atoms with Gasteiger partial charge in [-0.15, -0.1) is 0 Å². The zero-order valence-electron chi connectivity index (χ0n) is 19.8. The van der Waals surface area contributed by atoms with Gasteiger partial charge < -0.3 is 15.2 Å². The van der Waals surface area contributed by atoms with Crippen LogP contribution in [0, 0.1) is 12.8 Å². The fourth-order valence-electron chi connectivity index (χ4n) is 3.34. The first-order chi connectivity index (χ1) is 15.4. The number of benzene rings is 1. The van der Waals surface area contributed by atoms with Gasteiger partial charge in [-0.3, -0.25) is 4.79 Å². The third-order valence-electron chi connectivity index (χ3n) is 5.09. The molecule has 0 bridgehead atoms. The molecular formula is C22H32N4O6S. The van der Waals surface area contributed by atoms with Crippen LogP contribution in [-0.2, 0) is 21.4 Å².